The Morgan fingerprint density at radius 3 is 2.67 bits per heavy atom. The van der Waals surface area contributed by atoms with Crippen molar-refractivity contribution in [3.05, 3.63) is 17.5 Å². The van der Waals surface area contributed by atoms with Gasteiger partial charge >= 0.3 is 0 Å². The van der Waals surface area contributed by atoms with E-state index in [1.54, 1.807) is 22.4 Å². The van der Waals surface area contributed by atoms with Gasteiger partial charge in [0.2, 0.25) is 5.91 Å². The van der Waals surface area contributed by atoms with E-state index in [4.69, 9.17) is 0 Å². The second-order valence-electron chi connectivity index (χ2n) is 5.34. The maximum Gasteiger partial charge on any atom is 0.253 e. The van der Waals surface area contributed by atoms with Crippen molar-refractivity contribution < 1.29 is 13.2 Å². The van der Waals surface area contributed by atoms with Crippen LogP contribution in [0.15, 0.2) is 21.7 Å². The van der Waals surface area contributed by atoms with E-state index in [-0.39, 0.29) is 18.5 Å². The van der Waals surface area contributed by atoms with Crippen LogP contribution in [0.4, 0.5) is 0 Å². The van der Waals surface area contributed by atoms with Gasteiger partial charge in [-0.15, -0.1) is 11.3 Å². The Morgan fingerprint density at radius 1 is 1.38 bits per heavy atom. The molecule has 1 aliphatic carbocycles. The molecule has 1 saturated heterocycles. The SMILES string of the molecule is O=C(CN(C1CC1)S(=O)(=O)c1cccs1)N1CCNCC1. The van der Waals surface area contributed by atoms with Crippen LogP contribution in [0.25, 0.3) is 0 Å². The summed E-state index contributed by atoms with van der Waals surface area (Å²) >= 11 is 1.20. The highest BCUT2D eigenvalue weighted by Gasteiger charge is 2.40. The highest BCUT2D eigenvalue weighted by molar-refractivity contribution is 7.91. The third kappa shape index (κ3) is 3.28. The molecule has 0 unspecified atom stereocenters. The van der Waals surface area contributed by atoms with Crippen molar-refractivity contribution in [1.29, 1.82) is 0 Å². The van der Waals surface area contributed by atoms with Crippen LogP contribution in [-0.2, 0) is 14.8 Å². The molecule has 0 spiro atoms. The van der Waals surface area contributed by atoms with Crippen molar-refractivity contribution in [2.45, 2.75) is 23.1 Å². The van der Waals surface area contributed by atoms with Gasteiger partial charge in [-0.3, -0.25) is 4.79 Å². The van der Waals surface area contributed by atoms with Gasteiger partial charge in [-0.1, -0.05) is 6.07 Å². The number of hydrogen-bond donors (Lipinski definition) is 1. The van der Waals surface area contributed by atoms with Crippen molar-refractivity contribution in [3.8, 4) is 0 Å². The highest BCUT2D eigenvalue weighted by atomic mass is 32.2. The first-order valence-electron chi connectivity index (χ1n) is 7.13. The molecule has 0 atom stereocenters. The minimum absolute atomic E-state index is 0.0102. The topological polar surface area (TPSA) is 69.7 Å². The molecule has 2 fully saturated rings. The summed E-state index contributed by atoms with van der Waals surface area (Å²) < 4.78 is 27.0. The molecule has 8 heteroatoms. The lowest BCUT2D eigenvalue weighted by atomic mass is 10.3. The molecule has 0 radical (unpaired) electrons. The summed E-state index contributed by atoms with van der Waals surface area (Å²) in [6, 6.07) is 3.31. The number of piperazine rings is 1. The summed E-state index contributed by atoms with van der Waals surface area (Å²) in [6.07, 6.45) is 1.69. The van der Waals surface area contributed by atoms with Crippen molar-refractivity contribution in [2.75, 3.05) is 32.7 Å². The van der Waals surface area contributed by atoms with Crippen LogP contribution in [0.2, 0.25) is 0 Å². The summed E-state index contributed by atoms with van der Waals surface area (Å²) in [5.74, 6) is -0.0940. The third-order valence-corrected chi connectivity index (χ3v) is 7.04. The smallest absolute Gasteiger partial charge is 0.253 e. The van der Waals surface area contributed by atoms with E-state index in [1.807, 2.05) is 0 Å². The standard InChI is InChI=1S/C13H19N3O3S2/c17-12(15-7-5-14-6-8-15)10-16(11-3-4-11)21(18,19)13-2-1-9-20-13/h1-2,9,11,14H,3-8,10H2. The van der Waals surface area contributed by atoms with Gasteiger partial charge in [0.1, 0.15) is 4.21 Å². The monoisotopic (exact) mass is 329 g/mol. The van der Waals surface area contributed by atoms with E-state index < -0.39 is 10.0 Å². The molecule has 1 N–H and O–H groups in total. The summed E-state index contributed by atoms with van der Waals surface area (Å²) in [5, 5.41) is 4.93. The van der Waals surface area contributed by atoms with E-state index >= 15 is 0 Å². The summed E-state index contributed by atoms with van der Waals surface area (Å²) in [5.41, 5.74) is 0. The van der Waals surface area contributed by atoms with Gasteiger partial charge in [-0.05, 0) is 24.3 Å². The number of thiophene rings is 1. The number of carbonyl (C=O) groups is 1. The van der Waals surface area contributed by atoms with Crippen LogP contribution in [0, 0.1) is 0 Å². The van der Waals surface area contributed by atoms with E-state index in [0.29, 0.717) is 17.3 Å². The number of rotatable bonds is 5. The normalized spacial score (nSPS) is 20.0. The fraction of sp³-hybridized carbons (Fsp3) is 0.615. The molecular weight excluding hydrogens is 310 g/mol. The molecule has 1 aromatic heterocycles. The zero-order valence-corrected chi connectivity index (χ0v) is 13.3. The molecule has 116 valence electrons. The van der Waals surface area contributed by atoms with Crippen LogP contribution in [0.5, 0.6) is 0 Å². The van der Waals surface area contributed by atoms with Crippen LogP contribution in [-0.4, -0.2) is 62.3 Å². The van der Waals surface area contributed by atoms with Crippen LogP contribution in [0.3, 0.4) is 0 Å². The van der Waals surface area contributed by atoms with Crippen LogP contribution in [0.1, 0.15) is 12.8 Å². The van der Waals surface area contributed by atoms with Crippen LogP contribution >= 0.6 is 11.3 Å². The van der Waals surface area contributed by atoms with Gasteiger partial charge in [0.15, 0.2) is 0 Å². The molecule has 6 nitrogen and oxygen atoms in total. The lowest BCUT2D eigenvalue weighted by Crippen LogP contribution is -2.50. The molecule has 21 heavy (non-hydrogen) atoms. The lowest BCUT2D eigenvalue weighted by Gasteiger charge is -2.30. The minimum Gasteiger partial charge on any atom is -0.339 e. The summed E-state index contributed by atoms with van der Waals surface area (Å²) in [6.45, 7) is 2.80. The van der Waals surface area contributed by atoms with Gasteiger partial charge in [-0.25, -0.2) is 8.42 Å². The van der Waals surface area contributed by atoms with Gasteiger partial charge < -0.3 is 10.2 Å². The van der Waals surface area contributed by atoms with E-state index in [1.165, 1.54) is 15.6 Å². The first-order valence-corrected chi connectivity index (χ1v) is 9.45. The van der Waals surface area contributed by atoms with Gasteiger partial charge in [-0.2, -0.15) is 4.31 Å². The molecular formula is C13H19N3O3S2. The van der Waals surface area contributed by atoms with Gasteiger partial charge in [0.05, 0.1) is 6.54 Å². The number of nitrogens with one attached hydrogen (secondary N) is 1. The second kappa shape index (κ2) is 6.04. The zero-order valence-electron chi connectivity index (χ0n) is 11.7. The van der Waals surface area contributed by atoms with Crippen molar-refractivity contribution in [1.82, 2.24) is 14.5 Å². The third-order valence-electron chi connectivity index (χ3n) is 3.77. The van der Waals surface area contributed by atoms with Crippen molar-refractivity contribution in [3.63, 3.8) is 0 Å². The average Bonchev–Trinajstić information content (AvgIpc) is 3.16. The number of sulfonamides is 1. The fourth-order valence-corrected chi connectivity index (χ4v) is 5.20. The van der Waals surface area contributed by atoms with E-state index in [2.05, 4.69) is 5.32 Å². The summed E-state index contributed by atoms with van der Waals surface area (Å²) in [7, 11) is -3.54. The maximum atomic E-state index is 12.6. The molecule has 1 amide bonds. The lowest BCUT2D eigenvalue weighted by molar-refractivity contribution is -0.132. The molecule has 2 aliphatic rings. The first kappa shape index (κ1) is 15.0. The average molecular weight is 329 g/mol. The molecule has 3 rings (SSSR count). The van der Waals surface area contributed by atoms with Crippen LogP contribution < -0.4 is 5.32 Å². The second-order valence-corrected chi connectivity index (χ2v) is 8.41. The molecule has 1 saturated carbocycles. The first-order chi connectivity index (χ1) is 10.1. The number of nitrogens with zero attached hydrogens (tertiary/aromatic N) is 2. The largest absolute Gasteiger partial charge is 0.339 e. The Labute approximate surface area is 128 Å². The molecule has 0 aromatic carbocycles. The molecule has 1 aromatic rings. The predicted molar refractivity (Wildman–Crippen MR) is 80.7 cm³/mol. The highest BCUT2D eigenvalue weighted by Crippen LogP contribution is 2.33. The van der Waals surface area contributed by atoms with Crippen molar-refractivity contribution in [2.24, 2.45) is 0 Å². The minimum atomic E-state index is -3.54. The fourth-order valence-electron chi connectivity index (χ4n) is 2.45. The summed E-state index contributed by atoms with van der Waals surface area (Å²) in [4.78, 5) is 14.1. The molecule has 1 aliphatic heterocycles. The van der Waals surface area contributed by atoms with E-state index in [9.17, 15) is 13.2 Å². The maximum absolute atomic E-state index is 12.6. The van der Waals surface area contributed by atoms with Gasteiger partial charge in [0.25, 0.3) is 10.0 Å². The Balaban J connectivity index is 1.74. The molecule has 0 bridgehead atoms. The molecule has 2 heterocycles. The predicted octanol–water partition coefficient (Wildman–Crippen LogP) is 0.333. The van der Waals surface area contributed by atoms with Gasteiger partial charge in [0, 0.05) is 32.2 Å². The Morgan fingerprint density at radius 2 is 2.10 bits per heavy atom. The Bertz CT molecular complexity index is 590. The Hall–Kier alpha value is -0.960. The Kier molecular flexibility index (Phi) is 4.30. The zero-order chi connectivity index (χ0) is 14.9. The number of hydrogen-bond acceptors (Lipinski definition) is 5. The van der Waals surface area contributed by atoms with E-state index in [0.717, 1.165) is 25.9 Å². The quantitative estimate of drug-likeness (QED) is 0.845. The number of carbonyl (C=O) groups excluding carboxylic acids is 1. The van der Waals surface area contributed by atoms with Crippen molar-refractivity contribution >= 4 is 27.3 Å². The number of amides is 1.